The van der Waals surface area contributed by atoms with Crippen LogP contribution in [0.4, 0.5) is 11.4 Å². The van der Waals surface area contributed by atoms with E-state index in [1.807, 2.05) is 11.8 Å². The standard InChI is InChI=1S/C13H18N2O4/c1-2-7-19-13-8-10(3-4-12(13)15(17)18)14-6-5-11(16)9-14/h3-4,8,11,16H,2,5-7,9H2,1H3. The third kappa shape index (κ3) is 3.14. The summed E-state index contributed by atoms with van der Waals surface area (Å²) in [6.45, 7) is 3.72. The van der Waals surface area contributed by atoms with Gasteiger partial charge in [-0.15, -0.1) is 0 Å². The molecule has 1 fully saturated rings. The molecule has 1 saturated heterocycles. The molecule has 6 nitrogen and oxygen atoms in total. The van der Waals surface area contributed by atoms with Crippen molar-refractivity contribution in [1.82, 2.24) is 0 Å². The zero-order chi connectivity index (χ0) is 13.8. The Morgan fingerprint density at radius 3 is 2.95 bits per heavy atom. The first-order valence-corrected chi connectivity index (χ1v) is 6.46. The quantitative estimate of drug-likeness (QED) is 0.651. The predicted molar refractivity (Wildman–Crippen MR) is 71.7 cm³/mol. The van der Waals surface area contributed by atoms with Crippen molar-refractivity contribution in [3.05, 3.63) is 28.3 Å². The Labute approximate surface area is 111 Å². The van der Waals surface area contributed by atoms with Gasteiger partial charge in [-0.1, -0.05) is 6.92 Å². The van der Waals surface area contributed by atoms with Crippen molar-refractivity contribution >= 4 is 11.4 Å². The maximum absolute atomic E-state index is 10.9. The Morgan fingerprint density at radius 1 is 1.58 bits per heavy atom. The van der Waals surface area contributed by atoms with Gasteiger partial charge in [0.2, 0.25) is 0 Å². The number of β-amino-alcohol motifs (C(OH)–C–C–N with tert-alkyl or cyclic N) is 1. The van der Waals surface area contributed by atoms with E-state index in [2.05, 4.69) is 0 Å². The molecule has 19 heavy (non-hydrogen) atoms. The Hall–Kier alpha value is -1.82. The number of rotatable bonds is 5. The highest BCUT2D eigenvalue weighted by Gasteiger charge is 2.23. The number of nitro benzene ring substituents is 1. The van der Waals surface area contributed by atoms with Crippen LogP contribution in [0, 0.1) is 10.1 Å². The zero-order valence-electron chi connectivity index (χ0n) is 10.9. The van der Waals surface area contributed by atoms with Gasteiger partial charge in [-0.2, -0.15) is 0 Å². The highest BCUT2D eigenvalue weighted by Crippen LogP contribution is 2.33. The molecule has 1 aromatic rings. The molecule has 1 aromatic carbocycles. The Balaban J connectivity index is 2.24. The number of ether oxygens (including phenoxy) is 1. The van der Waals surface area contributed by atoms with Gasteiger partial charge in [-0.05, 0) is 18.9 Å². The average Bonchev–Trinajstić information content (AvgIpc) is 2.82. The molecule has 1 aliphatic heterocycles. The molecule has 1 N–H and O–H groups in total. The van der Waals surface area contributed by atoms with Crippen LogP contribution in [-0.4, -0.2) is 35.8 Å². The van der Waals surface area contributed by atoms with Crippen molar-refractivity contribution in [2.75, 3.05) is 24.6 Å². The molecule has 104 valence electrons. The number of aliphatic hydroxyl groups excluding tert-OH is 1. The van der Waals surface area contributed by atoms with Crippen LogP contribution in [0.25, 0.3) is 0 Å². The molecule has 0 radical (unpaired) electrons. The number of nitro groups is 1. The van der Waals surface area contributed by atoms with Crippen LogP contribution < -0.4 is 9.64 Å². The van der Waals surface area contributed by atoms with E-state index in [-0.39, 0.29) is 11.8 Å². The van der Waals surface area contributed by atoms with E-state index in [4.69, 9.17) is 4.74 Å². The van der Waals surface area contributed by atoms with Gasteiger partial charge in [0.15, 0.2) is 5.75 Å². The molecule has 0 aromatic heterocycles. The second-order valence-corrected chi connectivity index (χ2v) is 4.65. The summed E-state index contributed by atoms with van der Waals surface area (Å²) in [5, 5.41) is 20.5. The van der Waals surface area contributed by atoms with E-state index < -0.39 is 4.92 Å². The number of hydrogen-bond acceptors (Lipinski definition) is 5. The number of anilines is 1. The van der Waals surface area contributed by atoms with Gasteiger partial charge < -0.3 is 14.7 Å². The normalized spacial score (nSPS) is 18.6. The molecular formula is C13H18N2O4. The van der Waals surface area contributed by atoms with Crippen LogP contribution in [0.5, 0.6) is 5.75 Å². The lowest BCUT2D eigenvalue weighted by Gasteiger charge is -2.18. The monoisotopic (exact) mass is 266 g/mol. The highest BCUT2D eigenvalue weighted by molar-refractivity contribution is 5.59. The minimum Gasteiger partial charge on any atom is -0.487 e. The first kappa shape index (κ1) is 13.6. The molecule has 1 unspecified atom stereocenters. The number of hydrogen-bond donors (Lipinski definition) is 1. The van der Waals surface area contributed by atoms with Crippen molar-refractivity contribution in [3.8, 4) is 5.75 Å². The first-order valence-electron chi connectivity index (χ1n) is 6.46. The van der Waals surface area contributed by atoms with Gasteiger partial charge in [0.05, 0.1) is 17.6 Å². The van der Waals surface area contributed by atoms with E-state index in [9.17, 15) is 15.2 Å². The molecular weight excluding hydrogens is 248 g/mol. The van der Waals surface area contributed by atoms with Gasteiger partial charge >= 0.3 is 5.69 Å². The molecule has 0 amide bonds. The first-order chi connectivity index (χ1) is 9.11. The van der Waals surface area contributed by atoms with Crippen LogP contribution in [0.3, 0.4) is 0 Å². The Kier molecular flexibility index (Phi) is 4.21. The zero-order valence-corrected chi connectivity index (χ0v) is 10.9. The Bertz CT molecular complexity index is 464. The molecule has 6 heteroatoms. The van der Waals surface area contributed by atoms with Crippen LogP contribution in [-0.2, 0) is 0 Å². The molecule has 0 spiro atoms. The topological polar surface area (TPSA) is 75.8 Å². The van der Waals surface area contributed by atoms with E-state index in [1.54, 1.807) is 12.1 Å². The number of benzene rings is 1. The Morgan fingerprint density at radius 2 is 2.37 bits per heavy atom. The summed E-state index contributed by atoms with van der Waals surface area (Å²) >= 11 is 0. The summed E-state index contributed by atoms with van der Waals surface area (Å²) in [5.74, 6) is 0.297. The van der Waals surface area contributed by atoms with Crippen LogP contribution in [0.15, 0.2) is 18.2 Å². The van der Waals surface area contributed by atoms with Gasteiger partial charge in [0.25, 0.3) is 0 Å². The molecule has 0 aliphatic carbocycles. The van der Waals surface area contributed by atoms with Crippen LogP contribution in [0.1, 0.15) is 19.8 Å². The predicted octanol–water partition coefficient (Wildman–Crippen LogP) is 1.95. The van der Waals surface area contributed by atoms with Gasteiger partial charge in [-0.3, -0.25) is 10.1 Å². The summed E-state index contributed by atoms with van der Waals surface area (Å²) < 4.78 is 5.44. The van der Waals surface area contributed by atoms with Gasteiger partial charge in [0, 0.05) is 30.9 Å². The molecule has 1 heterocycles. The summed E-state index contributed by atoms with van der Waals surface area (Å²) in [4.78, 5) is 12.5. The van der Waals surface area contributed by atoms with Crippen molar-refractivity contribution < 1.29 is 14.8 Å². The van der Waals surface area contributed by atoms with Gasteiger partial charge in [0.1, 0.15) is 0 Å². The van der Waals surface area contributed by atoms with Gasteiger partial charge in [-0.25, -0.2) is 0 Å². The summed E-state index contributed by atoms with van der Waals surface area (Å²) in [5.41, 5.74) is 0.838. The summed E-state index contributed by atoms with van der Waals surface area (Å²) in [6.07, 6.45) is 1.20. The maximum Gasteiger partial charge on any atom is 0.311 e. The van der Waals surface area contributed by atoms with Crippen molar-refractivity contribution in [2.24, 2.45) is 0 Å². The lowest BCUT2D eigenvalue weighted by atomic mass is 10.2. The minimum atomic E-state index is -0.437. The summed E-state index contributed by atoms with van der Waals surface area (Å²) in [7, 11) is 0. The smallest absolute Gasteiger partial charge is 0.311 e. The minimum absolute atomic E-state index is 0.0167. The van der Waals surface area contributed by atoms with Crippen molar-refractivity contribution in [3.63, 3.8) is 0 Å². The summed E-state index contributed by atoms with van der Waals surface area (Å²) in [6, 6.07) is 4.85. The highest BCUT2D eigenvalue weighted by atomic mass is 16.6. The molecule has 2 rings (SSSR count). The van der Waals surface area contributed by atoms with Crippen LogP contribution >= 0.6 is 0 Å². The average molecular weight is 266 g/mol. The third-order valence-corrected chi connectivity index (χ3v) is 3.13. The number of nitrogens with zero attached hydrogens (tertiary/aromatic N) is 2. The second-order valence-electron chi connectivity index (χ2n) is 4.65. The van der Waals surface area contributed by atoms with Crippen molar-refractivity contribution in [1.29, 1.82) is 0 Å². The second kappa shape index (κ2) is 5.88. The van der Waals surface area contributed by atoms with E-state index in [1.165, 1.54) is 6.07 Å². The SMILES string of the molecule is CCCOc1cc(N2CCC(O)C2)ccc1[N+](=O)[O-]. The van der Waals surface area contributed by atoms with Crippen LogP contribution in [0.2, 0.25) is 0 Å². The fourth-order valence-electron chi connectivity index (χ4n) is 2.15. The fraction of sp³-hybridized carbons (Fsp3) is 0.538. The number of aliphatic hydroxyl groups is 1. The van der Waals surface area contributed by atoms with E-state index in [0.29, 0.717) is 18.9 Å². The lowest BCUT2D eigenvalue weighted by molar-refractivity contribution is -0.385. The largest absolute Gasteiger partial charge is 0.487 e. The maximum atomic E-state index is 10.9. The lowest BCUT2D eigenvalue weighted by Crippen LogP contribution is -2.21. The molecule has 1 atom stereocenters. The molecule has 0 saturated carbocycles. The fourth-order valence-corrected chi connectivity index (χ4v) is 2.15. The van der Waals surface area contributed by atoms with Crippen molar-refractivity contribution in [2.45, 2.75) is 25.9 Å². The molecule has 1 aliphatic rings. The molecule has 0 bridgehead atoms. The van der Waals surface area contributed by atoms with E-state index in [0.717, 1.165) is 25.1 Å². The third-order valence-electron chi connectivity index (χ3n) is 3.13. The van der Waals surface area contributed by atoms with E-state index >= 15 is 0 Å².